The maximum absolute atomic E-state index is 12.4. The average Bonchev–Trinajstić information content (AvgIpc) is 2.26. The summed E-state index contributed by atoms with van der Waals surface area (Å²) in [6.07, 6.45) is -3.58. The summed E-state index contributed by atoms with van der Waals surface area (Å²) in [6, 6.07) is 0. The molecule has 0 aromatic heterocycles. The lowest BCUT2D eigenvalue weighted by atomic mass is 9.78. The minimum absolute atomic E-state index is 0.157. The first-order valence-electron chi connectivity index (χ1n) is 6.50. The third-order valence-electron chi connectivity index (χ3n) is 3.60. The number of alkyl halides is 3. The molecule has 0 amide bonds. The van der Waals surface area contributed by atoms with Gasteiger partial charge in [-0.2, -0.15) is 13.2 Å². The van der Waals surface area contributed by atoms with Gasteiger partial charge >= 0.3 is 12.1 Å². The molecule has 5 nitrogen and oxygen atoms in total. The van der Waals surface area contributed by atoms with Crippen molar-refractivity contribution in [1.29, 1.82) is 0 Å². The normalized spacial score (nSPS) is 27.8. The van der Waals surface area contributed by atoms with Gasteiger partial charge in [-0.15, -0.1) is 0 Å². The van der Waals surface area contributed by atoms with Gasteiger partial charge in [-0.1, -0.05) is 0 Å². The lowest BCUT2D eigenvalue weighted by Crippen LogP contribution is -2.49. The molecule has 0 bridgehead atoms. The second-order valence-corrected chi connectivity index (χ2v) is 5.39. The van der Waals surface area contributed by atoms with Crippen LogP contribution in [0, 0.1) is 5.92 Å². The zero-order valence-electron chi connectivity index (χ0n) is 11.1. The molecule has 1 saturated carbocycles. The van der Waals surface area contributed by atoms with Crippen LogP contribution in [0.3, 0.4) is 0 Å². The van der Waals surface area contributed by atoms with Crippen LogP contribution in [-0.4, -0.2) is 64.2 Å². The number of hydrogen-bond donors (Lipinski definition) is 3. The lowest BCUT2D eigenvalue weighted by molar-refractivity contribution is -0.156. The molecule has 118 valence electrons. The van der Waals surface area contributed by atoms with Gasteiger partial charge in [-0.3, -0.25) is 9.69 Å². The monoisotopic (exact) mass is 299 g/mol. The molecule has 0 aromatic carbocycles. The molecule has 1 rings (SSSR count). The summed E-state index contributed by atoms with van der Waals surface area (Å²) in [4.78, 5) is 11.8. The number of aliphatic hydroxyl groups excluding tert-OH is 1. The molecule has 1 aliphatic carbocycles. The Morgan fingerprint density at radius 1 is 1.30 bits per heavy atom. The number of hydrogen-bond acceptors (Lipinski definition) is 4. The van der Waals surface area contributed by atoms with Crippen molar-refractivity contribution in [3.8, 4) is 0 Å². The highest BCUT2D eigenvalue weighted by Crippen LogP contribution is 2.33. The minimum atomic E-state index is -4.40. The molecule has 0 atom stereocenters. The van der Waals surface area contributed by atoms with Gasteiger partial charge in [0.05, 0.1) is 24.7 Å². The first-order valence-corrected chi connectivity index (χ1v) is 6.50. The van der Waals surface area contributed by atoms with Crippen molar-refractivity contribution < 1.29 is 33.3 Å². The predicted molar refractivity (Wildman–Crippen MR) is 64.1 cm³/mol. The number of aliphatic carboxylic acids is 1. The molecule has 0 saturated heterocycles. The van der Waals surface area contributed by atoms with E-state index < -0.39 is 36.8 Å². The van der Waals surface area contributed by atoms with Gasteiger partial charge in [-0.25, -0.2) is 0 Å². The van der Waals surface area contributed by atoms with Gasteiger partial charge in [0, 0.05) is 13.1 Å². The van der Waals surface area contributed by atoms with Gasteiger partial charge in [0.15, 0.2) is 0 Å². The average molecular weight is 299 g/mol. The number of nitrogens with zero attached hydrogens (tertiary/aromatic N) is 1. The highest BCUT2D eigenvalue weighted by molar-refractivity contribution is 5.70. The first kappa shape index (κ1) is 17.2. The van der Waals surface area contributed by atoms with E-state index in [2.05, 4.69) is 0 Å². The molecule has 3 N–H and O–H groups in total. The van der Waals surface area contributed by atoms with Crippen molar-refractivity contribution in [3.05, 3.63) is 0 Å². The Morgan fingerprint density at radius 3 is 2.25 bits per heavy atom. The summed E-state index contributed by atoms with van der Waals surface area (Å²) in [7, 11) is 0. The summed E-state index contributed by atoms with van der Waals surface area (Å²) in [6.45, 7) is -2.01. The van der Waals surface area contributed by atoms with Crippen LogP contribution in [0.4, 0.5) is 13.2 Å². The predicted octanol–water partition coefficient (Wildman–Crippen LogP) is 0.849. The standard InChI is InChI=1S/C12H20F3NO4/c13-12(14,15)8-16(5-6-17)7-11(20)3-1-9(2-4-11)10(18)19/h9,17,20H,1-8H2,(H,18,19). The van der Waals surface area contributed by atoms with Crippen LogP contribution < -0.4 is 0 Å². The first-order chi connectivity index (χ1) is 9.15. The summed E-state index contributed by atoms with van der Waals surface area (Å²) < 4.78 is 37.2. The lowest BCUT2D eigenvalue weighted by Gasteiger charge is -2.38. The molecule has 0 unspecified atom stereocenters. The fourth-order valence-electron chi connectivity index (χ4n) is 2.59. The van der Waals surface area contributed by atoms with E-state index in [1.807, 2.05) is 0 Å². The van der Waals surface area contributed by atoms with Gasteiger partial charge in [0.25, 0.3) is 0 Å². The SMILES string of the molecule is O=C(O)C1CCC(O)(CN(CCO)CC(F)(F)F)CC1. The minimum Gasteiger partial charge on any atom is -0.481 e. The Bertz CT molecular complexity index is 327. The zero-order valence-corrected chi connectivity index (χ0v) is 11.1. The molecule has 0 radical (unpaired) electrons. The van der Waals surface area contributed by atoms with E-state index in [1.165, 1.54) is 0 Å². The molecule has 0 spiro atoms. The van der Waals surface area contributed by atoms with Crippen molar-refractivity contribution in [2.45, 2.75) is 37.5 Å². The highest BCUT2D eigenvalue weighted by Gasteiger charge is 2.39. The Hall–Kier alpha value is -0.860. The molecule has 20 heavy (non-hydrogen) atoms. The molecular formula is C12H20F3NO4. The highest BCUT2D eigenvalue weighted by atomic mass is 19.4. The summed E-state index contributed by atoms with van der Waals surface area (Å²) in [5, 5.41) is 27.9. The number of aliphatic hydroxyl groups is 2. The number of halogens is 3. The van der Waals surface area contributed by atoms with Crippen LogP contribution in [-0.2, 0) is 4.79 Å². The van der Waals surface area contributed by atoms with E-state index in [1.54, 1.807) is 0 Å². The fourth-order valence-corrected chi connectivity index (χ4v) is 2.59. The van der Waals surface area contributed by atoms with Crippen molar-refractivity contribution in [2.75, 3.05) is 26.2 Å². The maximum Gasteiger partial charge on any atom is 0.401 e. The van der Waals surface area contributed by atoms with Crippen LogP contribution in [0.2, 0.25) is 0 Å². The fraction of sp³-hybridized carbons (Fsp3) is 0.917. The number of carboxylic acids is 1. The van der Waals surface area contributed by atoms with Crippen LogP contribution in [0.15, 0.2) is 0 Å². The van der Waals surface area contributed by atoms with Crippen molar-refractivity contribution in [2.24, 2.45) is 5.92 Å². The van der Waals surface area contributed by atoms with Crippen molar-refractivity contribution in [1.82, 2.24) is 4.90 Å². The van der Waals surface area contributed by atoms with Crippen LogP contribution >= 0.6 is 0 Å². The third-order valence-corrected chi connectivity index (χ3v) is 3.60. The summed E-state index contributed by atoms with van der Waals surface area (Å²) in [5.74, 6) is -1.47. The number of carbonyl (C=O) groups is 1. The molecule has 0 aliphatic heterocycles. The largest absolute Gasteiger partial charge is 0.481 e. The number of carboxylic acid groups (broad SMARTS) is 1. The maximum atomic E-state index is 12.4. The van der Waals surface area contributed by atoms with Crippen LogP contribution in [0.5, 0.6) is 0 Å². The van der Waals surface area contributed by atoms with Gasteiger partial charge < -0.3 is 15.3 Å². The summed E-state index contributed by atoms with van der Waals surface area (Å²) >= 11 is 0. The second kappa shape index (κ2) is 6.73. The van der Waals surface area contributed by atoms with E-state index in [0.717, 1.165) is 4.90 Å². The number of rotatable bonds is 6. The van der Waals surface area contributed by atoms with Crippen molar-refractivity contribution >= 4 is 5.97 Å². The van der Waals surface area contributed by atoms with Gasteiger partial charge in [-0.05, 0) is 25.7 Å². The van der Waals surface area contributed by atoms with Crippen LogP contribution in [0.25, 0.3) is 0 Å². The van der Waals surface area contributed by atoms with Crippen LogP contribution in [0.1, 0.15) is 25.7 Å². The molecule has 8 heteroatoms. The van der Waals surface area contributed by atoms with Gasteiger partial charge in [0.2, 0.25) is 0 Å². The Morgan fingerprint density at radius 2 is 1.85 bits per heavy atom. The Balaban J connectivity index is 2.57. The van der Waals surface area contributed by atoms with E-state index in [9.17, 15) is 23.1 Å². The molecule has 0 heterocycles. The summed E-state index contributed by atoms with van der Waals surface area (Å²) in [5.41, 5.74) is -1.31. The molecule has 1 aliphatic rings. The van der Waals surface area contributed by atoms with E-state index in [0.29, 0.717) is 0 Å². The molecular weight excluding hydrogens is 279 g/mol. The van der Waals surface area contributed by atoms with E-state index >= 15 is 0 Å². The molecule has 0 aromatic rings. The van der Waals surface area contributed by atoms with Gasteiger partial charge in [0.1, 0.15) is 0 Å². The Kier molecular flexibility index (Phi) is 5.79. The quantitative estimate of drug-likeness (QED) is 0.677. The van der Waals surface area contributed by atoms with Crippen molar-refractivity contribution in [3.63, 3.8) is 0 Å². The zero-order chi connectivity index (χ0) is 15.4. The second-order valence-electron chi connectivity index (χ2n) is 5.39. The molecule has 1 fully saturated rings. The van der Waals surface area contributed by atoms with E-state index in [4.69, 9.17) is 10.2 Å². The smallest absolute Gasteiger partial charge is 0.401 e. The topological polar surface area (TPSA) is 81.0 Å². The van der Waals surface area contributed by atoms with E-state index in [-0.39, 0.29) is 38.8 Å². The third kappa shape index (κ3) is 5.64. The Labute approximate surface area is 115 Å².